The van der Waals surface area contributed by atoms with Crippen LogP contribution in [-0.4, -0.2) is 34.2 Å². The Kier molecular flexibility index (Phi) is 6.35. The van der Waals surface area contributed by atoms with E-state index in [0.29, 0.717) is 18.8 Å². The van der Waals surface area contributed by atoms with Crippen molar-refractivity contribution < 1.29 is 15.0 Å². The van der Waals surface area contributed by atoms with Crippen LogP contribution in [0.5, 0.6) is 5.75 Å². The maximum Gasteiger partial charge on any atom is 0.305 e. The quantitative estimate of drug-likeness (QED) is 0.729. The van der Waals surface area contributed by atoms with Crippen molar-refractivity contribution in [3.8, 4) is 5.75 Å². The van der Waals surface area contributed by atoms with Crippen LogP contribution in [0, 0.1) is 0 Å². The van der Waals surface area contributed by atoms with Crippen molar-refractivity contribution >= 4 is 23.8 Å². The normalized spacial score (nSPS) is 16.8. The smallest absolute Gasteiger partial charge is 0.305 e. The summed E-state index contributed by atoms with van der Waals surface area (Å²) < 4.78 is 0. The van der Waals surface area contributed by atoms with Gasteiger partial charge in [0.05, 0.1) is 6.42 Å². The fraction of sp³-hybridized carbons (Fsp3) is 0.500. The maximum absolute atomic E-state index is 10.9. The van der Waals surface area contributed by atoms with Crippen LogP contribution in [0.1, 0.15) is 64.7 Å². The predicted molar refractivity (Wildman–Crippen MR) is 114 cm³/mol. The van der Waals surface area contributed by atoms with Gasteiger partial charge in [-0.15, -0.1) is 0 Å². The van der Waals surface area contributed by atoms with Crippen LogP contribution in [0.3, 0.4) is 0 Å². The first-order chi connectivity index (χ1) is 12.4. The zero-order valence-corrected chi connectivity index (χ0v) is 18.0. The van der Waals surface area contributed by atoms with E-state index in [1.807, 2.05) is 16.5 Å². The lowest BCUT2D eigenvalue weighted by Crippen LogP contribution is -2.24. The number of thioether (sulfide) groups is 1. The van der Waals surface area contributed by atoms with Crippen LogP contribution in [-0.2, 0) is 15.6 Å². The van der Waals surface area contributed by atoms with Crippen LogP contribution in [0.2, 0.25) is 0 Å². The van der Waals surface area contributed by atoms with Crippen LogP contribution in [0.25, 0.3) is 6.08 Å². The first-order valence-electron chi connectivity index (χ1n) is 9.25. The number of aliphatic carboxylic acids is 1. The molecule has 0 unspecified atom stereocenters. The number of aromatic hydroxyl groups is 1. The highest BCUT2D eigenvalue weighted by molar-refractivity contribution is 8.06. The minimum Gasteiger partial charge on any atom is -0.507 e. The van der Waals surface area contributed by atoms with Crippen molar-refractivity contribution in [2.45, 2.75) is 58.8 Å². The third-order valence-corrected chi connectivity index (χ3v) is 5.35. The van der Waals surface area contributed by atoms with E-state index in [1.54, 1.807) is 11.8 Å². The monoisotopic (exact) mass is 389 g/mol. The van der Waals surface area contributed by atoms with Crippen molar-refractivity contribution in [3.05, 3.63) is 45.3 Å². The molecular formula is C22H31NO3S. The third-order valence-electron chi connectivity index (χ3n) is 4.54. The molecule has 2 N–H and O–H groups in total. The van der Waals surface area contributed by atoms with Crippen LogP contribution < -0.4 is 0 Å². The molecule has 1 aromatic rings. The molecule has 0 bridgehead atoms. The van der Waals surface area contributed by atoms with E-state index in [-0.39, 0.29) is 17.3 Å². The van der Waals surface area contributed by atoms with E-state index in [2.05, 4.69) is 59.8 Å². The molecule has 1 aliphatic heterocycles. The molecule has 2 rings (SSSR count). The number of hydrogen-bond donors (Lipinski definition) is 2. The molecule has 0 atom stereocenters. The van der Waals surface area contributed by atoms with E-state index < -0.39 is 5.97 Å². The van der Waals surface area contributed by atoms with E-state index in [9.17, 15) is 9.90 Å². The number of benzene rings is 1. The number of carboxylic acids is 1. The second-order valence-electron chi connectivity index (χ2n) is 9.09. The van der Waals surface area contributed by atoms with Crippen molar-refractivity contribution in [3.63, 3.8) is 0 Å². The van der Waals surface area contributed by atoms with Crippen LogP contribution in [0.4, 0.5) is 0 Å². The van der Waals surface area contributed by atoms with Crippen molar-refractivity contribution in [1.82, 2.24) is 4.90 Å². The molecule has 1 heterocycles. The SMILES string of the molecule is CC(C)(C)c1cc(C=C2CN(CCC(=O)O)C=CS2)cc(C(C)(C)C)c1O. The standard InChI is InChI=1S/C22H31NO3S/c1-21(2,3)17-12-15(13-18(20(17)26)22(4,5)6)11-16-14-23(9-10-27-16)8-7-19(24)25/h9-13,26H,7-8,14H2,1-6H3,(H,24,25). The first kappa shape index (κ1) is 21.4. The molecule has 0 aliphatic carbocycles. The van der Waals surface area contributed by atoms with Gasteiger partial charge >= 0.3 is 5.97 Å². The van der Waals surface area contributed by atoms with E-state index in [0.717, 1.165) is 21.6 Å². The molecule has 0 aromatic heterocycles. The summed E-state index contributed by atoms with van der Waals surface area (Å²) in [5, 5.41) is 21.7. The van der Waals surface area contributed by atoms with Gasteiger partial charge in [0, 0.05) is 35.3 Å². The Balaban J connectivity index is 2.39. The summed E-state index contributed by atoms with van der Waals surface area (Å²) >= 11 is 1.66. The number of hydrogen-bond acceptors (Lipinski definition) is 4. The van der Waals surface area contributed by atoms with Gasteiger partial charge in [-0.3, -0.25) is 4.79 Å². The van der Waals surface area contributed by atoms with Gasteiger partial charge in [0.1, 0.15) is 5.75 Å². The van der Waals surface area contributed by atoms with Crippen molar-refractivity contribution in [2.24, 2.45) is 0 Å². The predicted octanol–water partition coefficient (Wildman–Crippen LogP) is 5.32. The van der Waals surface area contributed by atoms with E-state index in [1.165, 1.54) is 0 Å². The minimum atomic E-state index is -0.782. The molecule has 0 spiro atoms. The van der Waals surface area contributed by atoms with Crippen LogP contribution in [0.15, 0.2) is 28.6 Å². The second-order valence-corrected chi connectivity index (χ2v) is 10.1. The highest BCUT2D eigenvalue weighted by Gasteiger charge is 2.26. The summed E-state index contributed by atoms with van der Waals surface area (Å²) in [6.45, 7) is 13.8. The molecule has 148 valence electrons. The van der Waals surface area contributed by atoms with Crippen molar-refractivity contribution in [2.75, 3.05) is 13.1 Å². The van der Waals surface area contributed by atoms with Gasteiger partial charge in [-0.1, -0.05) is 53.3 Å². The Morgan fingerprint density at radius 1 is 1.15 bits per heavy atom. The molecule has 0 radical (unpaired) electrons. The van der Waals surface area contributed by atoms with E-state index in [4.69, 9.17) is 5.11 Å². The molecule has 5 heteroatoms. The van der Waals surface area contributed by atoms with Gasteiger partial charge in [-0.2, -0.15) is 0 Å². The zero-order chi connectivity index (χ0) is 20.4. The van der Waals surface area contributed by atoms with Gasteiger partial charge < -0.3 is 15.1 Å². The average molecular weight is 390 g/mol. The third kappa shape index (κ3) is 5.80. The van der Waals surface area contributed by atoms with Gasteiger partial charge in [0.25, 0.3) is 0 Å². The molecule has 1 aliphatic rings. The largest absolute Gasteiger partial charge is 0.507 e. The molecule has 0 fully saturated rings. The number of rotatable bonds is 4. The first-order valence-corrected chi connectivity index (χ1v) is 10.1. The average Bonchev–Trinajstić information content (AvgIpc) is 2.52. The molecule has 0 saturated carbocycles. The molecule has 0 amide bonds. The Morgan fingerprint density at radius 3 is 2.19 bits per heavy atom. The molecule has 27 heavy (non-hydrogen) atoms. The summed E-state index contributed by atoms with van der Waals surface area (Å²) in [7, 11) is 0. The Labute approximate surface area is 167 Å². The lowest BCUT2D eigenvalue weighted by molar-refractivity contribution is -0.137. The van der Waals surface area contributed by atoms with Gasteiger partial charge in [-0.05, 0) is 40.0 Å². The highest BCUT2D eigenvalue weighted by atomic mass is 32.2. The molecular weight excluding hydrogens is 358 g/mol. The van der Waals surface area contributed by atoms with Crippen LogP contribution >= 0.6 is 11.8 Å². The Hall–Kier alpha value is -1.88. The number of nitrogens with zero attached hydrogens (tertiary/aromatic N) is 1. The Morgan fingerprint density at radius 2 is 1.70 bits per heavy atom. The topological polar surface area (TPSA) is 60.8 Å². The van der Waals surface area contributed by atoms with Gasteiger partial charge in [-0.25, -0.2) is 0 Å². The second kappa shape index (κ2) is 8.01. The van der Waals surface area contributed by atoms with Gasteiger partial charge in [0.2, 0.25) is 0 Å². The number of carboxylic acid groups (broad SMARTS) is 1. The summed E-state index contributed by atoms with van der Waals surface area (Å²) in [5.41, 5.74) is 2.64. The zero-order valence-electron chi connectivity index (χ0n) is 17.2. The fourth-order valence-corrected chi connectivity index (χ4v) is 3.89. The summed E-state index contributed by atoms with van der Waals surface area (Å²) in [5.74, 6) is -0.397. The number of phenolic OH excluding ortho intramolecular Hbond substituents is 1. The maximum atomic E-state index is 10.9. The summed E-state index contributed by atoms with van der Waals surface area (Å²) in [6.07, 6.45) is 4.22. The van der Waals surface area contributed by atoms with E-state index >= 15 is 0 Å². The van der Waals surface area contributed by atoms with Crippen molar-refractivity contribution in [1.29, 1.82) is 0 Å². The lowest BCUT2D eigenvalue weighted by atomic mass is 9.78. The molecule has 4 nitrogen and oxygen atoms in total. The fourth-order valence-electron chi connectivity index (χ4n) is 3.04. The number of phenols is 1. The minimum absolute atomic E-state index is 0.129. The number of carbonyl (C=O) groups is 1. The summed E-state index contributed by atoms with van der Waals surface area (Å²) in [4.78, 5) is 14.0. The summed E-state index contributed by atoms with van der Waals surface area (Å²) in [6, 6.07) is 4.14. The lowest BCUT2D eigenvalue weighted by Gasteiger charge is -2.28. The molecule has 0 saturated heterocycles. The Bertz CT molecular complexity index is 732. The van der Waals surface area contributed by atoms with Gasteiger partial charge in [0.15, 0.2) is 0 Å². The molecule has 1 aromatic carbocycles. The highest BCUT2D eigenvalue weighted by Crippen LogP contribution is 2.40.